The molecule has 5 nitrogen and oxygen atoms in total. The Bertz CT molecular complexity index is 1070. The third-order valence-electron chi connectivity index (χ3n) is 3.72. The van der Waals surface area contributed by atoms with Crippen LogP contribution in [0.3, 0.4) is 0 Å². The highest BCUT2D eigenvalue weighted by molar-refractivity contribution is 7.99. The number of para-hydroxylation sites is 2. The highest BCUT2D eigenvalue weighted by Gasteiger charge is 2.09. The molecule has 4 rings (SSSR count). The Balaban J connectivity index is 1.30. The summed E-state index contributed by atoms with van der Waals surface area (Å²) in [5.74, 6) is -0.118. The summed E-state index contributed by atoms with van der Waals surface area (Å²) >= 11 is 2.85. The van der Waals surface area contributed by atoms with E-state index in [0.29, 0.717) is 5.03 Å². The molecule has 0 saturated heterocycles. The molecule has 0 fully saturated rings. The van der Waals surface area contributed by atoms with E-state index in [0.717, 1.165) is 27.3 Å². The summed E-state index contributed by atoms with van der Waals surface area (Å²) in [7, 11) is 0. The number of hydrogen-bond acceptors (Lipinski definition) is 7. The van der Waals surface area contributed by atoms with Crippen molar-refractivity contribution in [1.82, 2.24) is 15.0 Å². The second-order valence-corrected chi connectivity index (χ2v) is 7.51. The van der Waals surface area contributed by atoms with Crippen LogP contribution in [0.2, 0.25) is 0 Å². The molecule has 4 aromatic rings. The van der Waals surface area contributed by atoms with Gasteiger partial charge in [-0.1, -0.05) is 54.2 Å². The van der Waals surface area contributed by atoms with Gasteiger partial charge in [-0.2, -0.15) is 0 Å². The van der Waals surface area contributed by atoms with Gasteiger partial charge in [0, 0.05) is 10.9 Å². The van der Waals surface area contributed by atoms with Crippen LogP contribution in [0, 0.1) is 0 Å². The molecule has 7 heteroatoms. The van der Waals surface area contributed by atoms with Gasteiger partial charge in [0.2, 0.25) is 0 Å². The van der Waals surface area contributed by atoms with Crippen LogP contribution in [-0.2, 0) is 16.1 Å². The number of ether oxygens (including phenoxy) is 1. The van der Waals surface area contributed by atoms with Gasteiger partial charge in [0.25, 0.3) is 0 Å². The maximum absolute atomic E-state index is 12.0. The smallest absolute Gasteiger partial charge is 0.316 e. The van der Waals surface area contributed by atoms with E-state index in [1.165, 1.54) is 23.1 Å². The number of fused-ring (bicyclic) bond motifs is 1. The Kier molecular flexibility index (Phi) is 5.41. The Morgan fingerprint density at radius 1 is 1.00 bits per heavy atom. The molecule has 2 aromatic carbocycles. The van der Waals surface area contributed by atoms with Crippen LogP contribution in [0.1, 0.15) is 5.69 Å². The lowest BCUT2D eigenvalue weighted by molar-refractivity contribution is -0.141. The summed E-state index contributed by atoms with van der Waals surface area (Å²) in [6.07, 6.45) is 1.67. The number of rotatable bonds is 6. The molecular formula is C20H15N3O2S2. The van der Waals surface area contributed by atoms with Crippen molar-refractivity contribution in [2.24, 2.45) is 0 Å². The molecular weight excluding hydrogens is 378 g/mol. The van der Waals surface area contributed by atoms with E-state index in [-0.39, 0.29) is 18.3 Å². The minimum atomic E-state index is -0.302. The largest absolute Gasteiger partial charge is 0.459 e. The Hall–Kier alpha value is -2.77. The van der Waals surface area contributed by atoms with Gasteiger partial charge in [0.15, 0.2) is 0 Å². The number of carbonyl (C=O) groups is 1. The third kappa shape index (κ3) is 4.50. The SMILES string of the molecule is O=C(CSc1cnc2ccccc2n1)OCc1csc(-c2ccccc2)n1. The fourth-order valence-electron chi connectivity index (χ4n) is 2.43. The van der Waals surface area contributed by atoms with Crippen LogP contribution in [0.15, 0.2) is 71.2 Å². The Morgan fingerprint density at radius 2 is 1.78 bits per heavy atom. The highest BCUT2D eigenvalue weighted by atomic mass is 32.2. The van der Waals surface area contributed by atoms with E-state index >= 15 is 0 Å². The summed E-state index contributed by atoms with van der Waals surface area (Å²) in [6, 6.07) is 17.6. The monoisotopic (exact) mass is 393 g/mol. The van der Waals surface area contributed by atoms with Gasteiger partial charge in [0.1, 0.15) is 16.6 Å². The lowest BCUT2D eigenvalue weighted by Gasteiger charge is -2.03. The van der Waals surface area contributed by atoms with E-state index < -0.39 is 0 Å². The van der Waals surface area contributed by atoms with Gasteiger partial charge < -0.3 is 4.74 Å². The van der Waals surface area contributed by atoms with Gasteiger partial charge in [-0.3, -0.25) is 9.78 Å². The topological polar surface area (TPSA) is 65.0 Å². The number of aromatic nitrogens is 3. The number of thiazole rings is 1. The molecule has 0 atom stereocenters. The fourth-order valence-corrected chi connectivity index (χ4v) is 3.88. The van der Waals surface area contributed by atoms with E-state index in [1.54, 1.807) is 6.20 Å². The van der Waals surface area contributed by atoms with Crippen LogP contribution >= 0.6 is 23.1 Å². The van der Waals surface area contributed by atoms with E-state index in [2.05, 4.69) is 15.0 Å². The summed E-state index contributed by atoms with van der Waals surface area (Å²) in [4.78, 5) is 25.4. The van der Waals surface area contributed by atoms with Gasteiger partial charge in [-0.25, -0.2) is 9.97 Å². The average molecular weight is 393 g/mol. The highest BCUT2D eigenvalue weighted by Crippen LogP contribution is 2.24. The number of thioether (sulfide) groups is 1. The standard InChI is InChI=1S/C20H15N3O2S2/c24-19(13-26-18-10-21-16-8-4-5-9-17(16)23-18)25-11-15-12-27-20(22-15)14-6-2-1-3-7-14/h1-10,12H,11,13H2. The van der Waals surface area contributed by atoms with Crippen molar-refractivity contribution in [3.8, 4) is 10.6 Å². The first-order valence-corrected chi connectivity index (χ1v) is 10.1. The predicted molar refractivity (Wildman–Crippen MR) is 108 cm³/mol. The van der Waals surface area contributed by atoms with Crippen molar-refractivity contribution in [1.29, 1.82) is 0 Å². The second-order valence-electron chi connectivity index (χ2n) is 5.66. The zero-order valence-corrected chi connectivity index (χ0v) is 15.9. The maximum Gasteiger partial charge on any atom is 0.316 e. The molecule has 0 amide bonds. The molecule has 27 heavy (non-hydrogen) atoms. The average Bonchev–Trinajstić information content (AvgIpc) is 3.20. The zero-order valence-electron chi connectivity index (χ0n) is 14.2. The molecule has 0 aliphatic rings. The molecule has 0 N–H and O–H groups in total. The number of hydrogen-bond donors (Lipinski definition) is 0. The van der Waals surface area contributed by atoms with Crippen molar-refractivity contribution >= 4 is 40.1 Å². The van der Waals surface area contributed by atoms with Crippen LogP contribution in [0.4, 0.5) is 0 Å². The Labute approximate surface area is 164 Å². The molecule has 0 aliphatic carbocycles. The first-order chi connectivity index (χ1) is 13.3. The lowest BCUT2D eigenvalue weighted by atomic mass is 10.2. The van der Waals surface area contributed by atoms with E-state index in [4.69, 9.17) is 4.74 Å². The molecule has 0 radical (unpaired) electrons. The van der Waals surface area contributed by atoms with Crippen LogP contribution in [0.25, 0.3) is 21.6 Å². The predicted octanol–water partition coefficient (Wildman–Crippen LogP) is 4.59. The normalized spacial score (nSPS) is 10.8. The number of benzene rings is 2. The van der Waals surface area contributed by atoms with Crippen molar-refractivity contribution < 1.29 is 9.53 Å². The third-order valence-corrected chi connectivity index (χ3v) is 5.53. The maximum atomic E-state index is 12.0. The van der Waals surface area contributed by atoms with Crippen molar-refractivity contribution in [2.45, 2.75) is 11.6 Å². The summed E-state index contributed by atoms with van der Waals surface area (Å²) in [5.41, 5.74) is 3.46. The van der Waals surface area contributed by atoms with Gasteiger partial charge in [-0.15, -0.1) is 11.3 Å². The molecule has 2 aromatic heterocycles. The quantitative estimate of drug-likeness (QED) is 0.353. The van der Waals surface area contributed by atoms with Crippen LogP contribution < -0.4 is 0 Å². The first kappa shape index (κ1) is 17.6. The Morgan fingerprint density at radius 3 is 2.63 bits per heavy atom. The van der Waals surface area contributed by atoms with Crippen LogP contribution in [0.5, 0.6) is 0 Å². The minimum Gasteiger partial charge on any atom is -0.459 e. The molecule has 0 spiro atoms. The second kappa shape index (κ2) is 8.28. The first-order valence-electron chi connectivity index (χ1n) is 8.28. The number of carbonyl (C=O) groups excluding carboxylic acids is 1. The van der Waals surface area contributed by atoms with Crippen molar-refractivity contribution in [2.75, 3.05) is 5.75 Å². The summed E-state index contributed by atoms with van der Waals surface area (Å²) in [6.45, 7) is 0.173. The van der Waals surface area contributed by atoms with Crippen molar-refractivity contribution in [3.05, 3.63) is 71.9 Å². The van der Waals surface area contributed by atoms with Crippen LogP contribution in [-0.4, -0.2) is 26.7 Å². The summed E-state index contributed by atoms with van der Waals surface area (Å²) < 4.78 is 5.32. The molecule has 0 unspecified atom stereocenters. The minimum absolute atomic E-state index is 0.173. The zero-order chi connectivity index (χ0) is 18.5. The molecule has 134 valence electrons. The van der Waals surface area contributed by atoms with Gasteiger partial charge >= 0.3 is 5.97 Å². The van der Waals surface area contributed by atoms with E-state index in [1.807, 2.05) is 60.0 Å². The van der Waals surface area contributed by atoms with Crippen molar-refractivity contribution in [3.63, 3.8) is 0 Å². The van der Waals surface area contributed by atoms with Gasteiger partial charge in [-0.05, 0) is 12.1 Å². The molecule has 0 saturated carbocycles. The summed E-state index contributed by atoms with van der Waals surface area (Å²) in [5, 5.41) is 3.53. The fraction of sp³-hybridized carbons (Fsp3) is 0.100. The molecule has 0 aliphatic heterocycles. The molecule has 0 bridgehead atoms. The number of esters is 1. The lowest BCUT2D eigenvalue weighted by Crippen LogP contribution is -2.07. The van der Waals surface area contributed by atoms with E-state index in [9.17, 15) is 4.79 Å². The number of nitrogens with zero attached hydrogens (tertiary/aromatic N) is 3. The van der Waals surface area contributed by atoms with Gasteiger partial charge in [0.05, 0.1) is 28.7 Å². The molecule has 2 heterocycles.